The van der Waals surface area contributed by atoms with Crippen molar-refractivity contribution in [3.05, 3.63) is 53.6 Å². The molecule has 0 bridgehead atoms. The first-order chi connectivity index (χ1) is 12.8. The number of carbonyl (C=O) groups is 1. The first kappa shape index (κ1) is 19.6. The van der Waals surface area contributed by atoms with Gasteiger partial charge in [-0.05, 0) is 45.0 Å². The third-order valence-corrected chi connectivity index (χ3v) is 4.91. The predicted molar refractivity (Wildman–Crippen MR) is 105 cm³/mol. The summed E-state index contributed by atoms with van der Waals surface area (Å²) in [6.07, 6.45) is 3.38. The van der Waals surface area contributed by atoms with Gasteiger partial charge in [-0.1, -0.05) is 17.7 Å². The summed E-state index contributed by atoms with van der Waals surface area (Å²) in [5, 5.41) is 0.317. The molecule has 1 atom stereocenters. The molecule has 2 aromatic heterocycles. The fourth-order valence-electron chi connectivity index (χ4n) is 3.17. The van der Waals surface area contributed by atoms with E-state index < -0.39 is 0 Å². The normalized spacial score (nSPS) is 18.4. The first-order valence-electron chi connectivity index (χ1n) is 9.06. The molecule has 7 heteroatoms. The zero-order chi connectivity index (χ0) is 19.4. The molecule has 144 valence electrons. The van der Waals surface area contributed by atoms with Crippen molar-refractivity contribution in [2.75, 3.05) is 26.2 Å². The van der Waals surface area contributed by atoms with Crippen LogP contribution in [0.15, 0.2) is 42.7 Å². The van der Waals surface area contributed by atoms with Crippen molar-refractivity contribution in [1.29, 1.82) is 0 Å². The number of rotatable bonds is 4. The maximum absolute atomic E-state index is 13.0. The van der Waals surface area contributed by atoms with Gasteiger partial charge in [0, 0.05) is 31.4 Å². The van der Waals surface area contributed by atoms with E-state index in [-0.39, 0.29) is 17.5 Å². The van der Waals surface area contributed by atoms with Gasteiger partial charge in [-0.3, -0.25) is 14.7 Å². The Morgan fingerprint density at radius 2 is 2.07 bits per heavy atom. The van der Waals surface area contributed by atoms with Gasteiger partial charge in [-0.25, -0.2) is 4.98 Å². The zero-order valence-corrected chi connectivity index (χ0v) is 16.7. The van der Waals surface area contributed by atoms with Gasteiger partial charge in [-0.15, -0.1) is 0 Å². The fourth-order valence-corrected chi connectivity index (χ4v) is 3.34. The number of ether oxygens (including phenoxy) is 1. The molecule has 0 saturated carbocycles. The molecular formula is C20H25ClN4O2. The van der Waals surface area contributed by atoms with Crippen molar-refractivity contribution in [3.8, 4) is 5.75 Å². The SMILES string of the molecule is CC(C)(C)N1CCN(C(=O)c2cccc(Cl)n2)C(COc2cccnc2)C1. The van der Waals surface area contributed by atoms with E-state index in [9.17, 15) is 4.79 Å². The number of halogens is 1. The third kappa shape index (κ3) is 4.96. The molecule has 1 fully saturated rings. The maximum Gasteiger partial charge on any atom is 0.272 e. The number of hydrogen-bond acceptors (Lipinski definition) is 5. The van der Waals surface area contributed by atoms with E-state index in [0.29, 0.717) is 29.7 Å². The van der Waals surface area contributed by atoms with Crippen LogP contribution in [-0.4, -0.2) is 63.5 Å². The van der Waals surface area contributed by atoms with E-state index in [1.165, 1.54) is 0 Å². The molecule has 27 heavy (non-hydrogen) atoms. The molecule has 6 nitrogen and oxygen atoms in total. The van der Waals surface area contributed by atoms with Crippen LogP contribution in [0.4, 0.5) is 0 Å². The highest BCUT2D eigenvalue weighted by atomic mass is 35.5. The van der Waals surface area contributed by atoms with Crippen LogP contribution in [0.5, 0.6) is 5.75 Å². The van der Waals surface area contributed by atoms with E-state index in [2.05, 4.69) is 35.6 Å². The maximum atomic E-state index is 13.0. The summed E-state index contributed by atoms with van der Waals surface area (Å²) in [5.41, 5.74) is 0.383. The first-order valence-corrected chi connectivity index (χ1v) is 9.44. The molecule has 1 aliphatic rings. The summed E-state index contributed by atoms with van der Waals surface area (Å²) < 4.78 is 5.92. The zero-order valence-electron chi connectivity index (χ0n) is 15.9. The molecule has 3 heterocycles. The Hall–Kier alpha value is -2.18. The molecule has 3 rings (SSSR count). The highest BCUT2D eigenvalue weighted by molar-refractivity contribution is 6.29. The van der Waals surface area contributed by atoms with Crippen LogP contribution < -0.4 is 4.74 Å². The fraction of sp³-hybridized carbons (Fsp3) is 0.450. The van der Waals surface area contributed by atoms with Crippen LogP contribution in [0.3, 0.4) is 0 Å². The average Bonchev–Trinajstić information content (AvgIpc) is 2.65. The number of aromatic nitrogens is 2. The Kier molecular flexibility index (Phi) is 5.97. The Labute approximate surface area is 165 Å². The highest BCUT2D eigenvalue weighted by Crippen LogP contribution is 2.22. The lowest BCUT2D eigenvalue weighted by molar-refractivity contribution is 0.00681. The van der Waals surface area contributed by atoms with Crippen LogP contribution in [0.2, 0.25) is 5.15 Å². The molecule has 1 saturated heterocycles. The summed E-state index contributed by atoms with van der Waals surface area (Å²) in [6.45, 7) is 9.09. The van der Waals surface area contributed by atoms with E-state index in [4.69, 9.17) is 16.3 Å². The molecule has 1 amide bonds. The lowest BCUT2D eigenvalue weighted by Gasteiger charge is -2.46. The number of carbonyl (C=O) groups excluding carboxylic acids is 1. The Balaban J connectivity index is 1.78. The van der Waals surface area contributed by atoms with Gasteiger partial charge in [0.05, 0.1) is 12.2 Å². The summed E-state index contributed by atoms with van der Waals surface area (Å²) in [7, 11) is 0. The number of piperazine rings is 1. The quantitative estimate of drug-likeness (QED) is 0.753. The van der Waals surface area contributed by atoms with Gasteiger partial charge < -0.3 is 9.64 Å². The van der Waals surface area contributed by atoms with Crippen molar-refractivity contribution in [1.82, 2.24) is 19.8 Å². The predicted octanol–water partition coefficient (Wildman–Crippen LogP) is 3.13. The largest absolute Gasteiger partial charge is 0.490 e. The third-order valence-electron chi connectivity index (χ3n) is 4.70. The van der Waals surface area contributed by atoms with Gasteiger partial charge in [0.25, 0.3) is 5.91 Å². The van der Waals surface area contributed by atoms with Crippen LogP contribution in [0.25, 0.3) is 0 Å². The van der Waals surface area contributed by atoms with Gasteiger partial charge in [0.2, 0.25) is 0 Å². The van der Waals surface area contributed by atoms with Crippen molar-refractivity contribution < 1.29 is 9.53 Å². The number of amides is 1. The average molecular weight is 389 g/mol. The van der Waals surface area contributed by atoms with E-state index in [1.807, 2.05) is 17.0 Å². The molecule has 1 unspecified atom stereocenters. The van der Waals surface area contributed by atoms with Crippen LogP contribution in [0, 0.1) is 0 Å². The minimum Gasteiger partial charge on any atom is -0.490 e. The minimum atomic E-state index is -0.120. The molecule has 0 radical (unpaired) electrons. The summed E-state index contributed by atoms with van der Waals surface area (Å²) in [4.78, 5) is 25.5. The van der Waals surface area contributed by atoms with Crippen LogP contribution >= 0.6 is 11.6 Å². The molecule has 0 N–H and O–H groups in total. The molecule has 0 aliphatic carbocycles. The van der Waals surface area contributed by atoms with E-state index in [1.54, 1.807) is 30.6 Å². The number of hydrogen-bond donors (Lipinski definition) is 0. The topological polar surface area (TPSA) is 58.6 Å². The van der Waals surface area contributed by atoms with Gasteiger partial charge in [-0.2, -0.15) is 0 Å². The number of pyridine rings is 2. The van der Waals surface area contributed by atoms with Crippen molar-refractivity contribution in [2.24, 2.45) is 0 Å². The molecule has 0 aromatic carbocycles. The van der Waals surface area contributed by atoms with Gasteiger partial charge in [0.15, 0.2) is 0 Å². The molecular weight excluding hydrogens is 364 g/mol. The Bertz CT molecular complexity index is 779. The lowest BCUT2D eigenvalue weighted by atomic mass is 10.0. The Morgan fingerprint density at radius 1 is 1.26 bits per heavy atom. The van der Waals surface area contributed by atoms with Crippen molar-refractivity contribution >= 4 is 17.5 Å². The van der Waals surface area contributed by atoms with E-state index in [0.717, 1.165) is 13.1 Å². The molecule has 2 aromatic rings. The Morgan fingerprint density at radius 3 is 2.74 bits per heavy atom. The van der Waals surface area contributed by atoms with Crippen molar-refractivity contribution in [2.45, 2.75) is 32.4 Å². The summed E-state index contributed by atoms with van der Waals surface area (Å²) >= 11 is 5.97. The van der Waals surface area contributed by atoms with Gasteiger partial charge in [0.1, 0.15) is 23.2 Å². The molecule has 1 aliphatic heterocycles. The monoisotopic (exact) mass is 388 g/mol. The second kappa shape index (κ2) is 8.23. The smallest absolute Gasteiger partial charge is 0.272 e. The van der Waals surface area contributed by atoms with Crippen molar-refractivity contribution in [3.63, 3.8) is 0 Å². The van der Waals surface area contributed by atoms with Gasteiger partial charge >= 0.3 is 0 Å². The molecule has 0 spiro atoms. The van der Waals surface area contributed by atoms with Crippen LogP contribution in [-0.2, 0) is 0 Å². The summed E-state index contributed by atoms with van der Waals surface area (Å²) in [5.74, 6) is 0.574. The standard InChI is InChI=1S/C20H25ClN4O2/c1-20(2,3)24-10-11-25(19(26)17-7-4-8-18(21)23-17)15(13-24)14-27-16-6-5-9-22-12-16/h4-9,12,15H,10-11,13-14H2,1-3H3. The minimum absolute atomic E-state index is 0.0238. The van der Waals surface area contributed by atoms with E-state index >= 15 is 0 Å². The lowest BCUT2D eigenvalue weighted by Crippen LogP contribution is -2.61. The second-order valence-corrected chi connectivity index (χ2v) is 8.00. The van der Waals surface area contributed by atoms with Crippen LogP contribution in [0.1, 0.15) is 31.3 Å². The second-order valence-electron chi connectivity index (χ2n) is 7.61. The highest BCUT2D eigenvalue weighted by Gasteiger charge is 2.35. The summed E-state index contributed by atoms with van der Waals surface area (Å²) in [6, 6.07) is 8.71. The number of nitrogens with zero attached hydrogens (tertiary/aromatic N) is 4.